The predicted octanol–water partition coefficient (Wildman–Crippen LogP) is 5.16. The minimum absolute atomic E-state index is 0.704. The largest absolute Gasteiger partial charge is 0.264 e. The molecule has 19 heavy (non-hydrogen) atoms. The van der Waals surface area contributed by atoms with Gasteiger partial charge in [-0.3, -0.25) is 4.98 Å². The molecule has 0 fully saturated rings. The summed E-state index contributed by atoms with van der Waals surface area (Å²) in [5.74, 6) is 0.704. The lowest BCUT2D eigenvalue weighted by atomic mass is 10.0. The van der Waals surface area contributed by atoms with Crippen LogP contribution in [0.1, 0.15) is 19.4 Å². The van der Waals surface area contributed by atoms with Crippen molar-refractivity contribution in [1.82, 2.24) is 4.98 Å². The molecule has 0 atom stereocenters. The first kappa shape index (κ1) is 12.4. The zero-order valence-electron chi connectivity index (χ0n) is 11.3. The van der Waals surface area contributed by atoms with Crippen molar-refractivity contribution in [2.75, 3.05) is 0 Å². The number of fused-ring (bicyclic) bond motifs is 1. The molecule has 0 unspecified atom stereocenters. The smallest absolute Gasteiger partial charge is 0.0351 e. The van der Waals surface area contributed by atoms with E-state index in [-0.39, 0.29) is 0 Å². The second-order valence-electron chi connectivity index (χ2n) is 5.32. The quantitative estimate of drug-likeness (QED) is 0.638. The van der Waals surface area contributed by atoms with Gasteiger partial charge < -0.3 is 0 Å². The molecular formula is C17H17NS. The Labute approximate surface area is 117 Å². The SMILES string of the molecule is CC(C)Cc1ccc2c(-c3cccnc3)csc2c1. The molecule has 3 rings (SSSR count). The molecule has 0 spiro atoms. The highest BCUT2D eigenvalue weighted by Gasteiger charge is 2.07. The predicted molar refractivity (Wildman–Crippen MR) is 83.6 cm³/mol. The summed E-state index contributed by atoms with van der Waals surface area (Å²) in [5.41, 5.74) is 3.93. The number of aromatic nitrogens is 1. The van der Waals surface area contributed by atoms with Gasteiger partial charge in [0.1, 0.15) is 0 Å². The number of nitrogens with zero attached hydrogens (tertiary/aromatic N) is 1. The van der Waals surface area contributed by atoms with Gasteiger partial charge in [0.2, 0.25) is 0 Å². The van der Waals surface area contributed by atoms with Crippen molar-refractivity contribution >= 4 is 21.4 Å². The van der Waals surface area contributed by atoms with E-state index in [4.69, 9.17) is 0 Å². The Bertz CT molecular complexity index is 683. The summed E-state index contributed by atoms with van der Waals surface area (Å²) in [5, 5.41) is 3.58. The summed E-state index contributed by atoms with van der Waals surface area (Å²) >= 11 is 1.82. The highest BCUT2D eigenvalue weighted by atomic mass is 32.1. The molecule has 0 radical (unpaired) electrons. The first-order chi connectivity index (χ1) is 9.24. The molecule has 0 bridgehead atoms. The fraction of sp³-hybridized carbons (Fsp3) is 0.235. The highest BCUT2D eigenvalue weighted by Crippen LogP contribution is 2.34. The van der Waals surface area contributed by atoms with Crippen LogP contribution in [-0.2, 0) is 6.42 Å². The number of hydrogen-bond donors (Lipinski definition) is 0. The summed E-state index contributed by atoms with van der Waals surface area (Å²) in [7, 11) is 0. The van der Waals surface area contributed by atoms with Crippen molar-refractivity contribution in [2.45, 2.75) is 20.3 Å². The summed E-state index contributed by atoms with van der Waals surface area (Å²) in [4.78, 5) is 4.21. The van der Waals surface area contributed by atoms with Gasteiger partial charge in [0, 0.05) is 33.6 Å². The third-order valence-electron chi connectivity index (χ3n) is 3.26. The topological polar surface area (TPSA) is 12.9 Å². The standard InChI is InChI=1S/C17H17NS/c1-12(2)8-13-5-6-15-16(11-19-17(15)9-13)14-4-3-7-18-10-14/h3-7,9-12H,8H2,1-2H3. The van der Waals surface area contributed by atoms with Crippen LogP contribution in [0.3, 0.4) is 0 Å². The Morgan fingerprint density at radius 3 is 2.84 bits per heavy atom. The third-order valence-corrected chi connectivity index (χ3v) is 4.20. The number of thiophene rings is 1. The third kappa shape index (κ3) is 2.54. The summed E-state index contributed by atoms with van der Waals surface area (Å²) in [6.45, 7) is 4.53. The molecule has 2 heteroatoms. The molecule has 3 aromatic rings. The van der Waals surface area contributed by atoms with Crippen molar-refractivity contribution < 1.29 is 0 Å². The zero-order valence-corrected chi connectivity index (χ0v) is 12.1. The maximum Gasteiger partial charge on any atom is 0.0351 e. The lowest BCUT2D eigenvalue weighted by Crippen LogP contribution is -1.92. The van der Waals surface area contributed by atoms with Crippen LogP contribution in [0, 0.1) is 5.92 Å². The van der Waals surface area contributed by atoms with E-state index in [1.165, 1.54) is 26.8 Å². The molecule has 2 aromatic heterocycles. The molecule has 0 N–H and O–H groups in total. The Hall–Kier alpha value is -1.67. The zero-order chi connectivity index (χ0) is 13.2. The molecule has 0 aliphatic carbocycles. The molecule has 1 nitrogen and oxygen atoms in total. The van der Waals surface area contributed by atoms with Crippen LogP contribution in [-0.4, -0.2) is 4.98 Å². The highest BCUT2D eigenvalue weighted by molar-refractivity contribution is 7.17. The number of pyridine rings is 1. The minimum Gasteiger partial charge on any atom is -0.264 e. The molecule has 2 heterocycles. The maximum atomic E-state index is 4.21. The monoisotopic (exact) mass is 267 g/mol. The van der Waals surface area contributed by atoms with E-state index in [1.807, 2.05) is 29.8 Å². The van der Waals surface area contributed by atoms with Crippen LogP contribution in [0.4, 0.5) is 0 Å². The van der Waals surface area contributed by atoms with Gasteiger partial charge in [-0.1, -0.05) is 32.0 Å². The van der Waals surface area contributed by atoms with Gasteiger partial charge in [-0.25, -0.2) is 0 Å². The van der Waals surface area contributed by atoms with Crippen LogP contribution < -0.4 is 0 Å². The lowest BCUT2D eigenvalue weighted by molar-refractivity contribution is 0.648. The Balaban J connectivity index is 2.05. The molecule has 0 aliphatic rings. The minimum atomic E-state index is 0.704. The van der Waals surface area contributed by atoms with Crippen molar-refractivity contribution in [2.24, 2.45) is 5.92 Å². The van der Waals surface area contributed by atoms with E-state index in [0.29, 0.717) is 5.92 Å². The van der Waals surface area contributed by atoms with Crippen LogP contribution >= 0.6 is 11.3 Å². The fourth-order valence-corrected chi connectivity index (χ4v) is 3.45. The van der Waals surface area contributed by atoms with Crippen LogP contribution in [0.15, 0.2) is 48.1 Å². The number of rotatable bonds is 3. The number of hydrogen-bond acceptors (Lipinski definition) is 2. The Morgan fingerprint density at radius 1 is 1.21 bits per heavy atom. The Morgan fingerprint density at radius 2 is 2.11 bits per heavy atom. The van der Waals surface area contributed by atoms with Gasteiger partial charge in [-0.2, -0.15) is 0 Å². The maximum absolute atomic E-state index is 4.21. The van der Waals surface area contributed by atoms with Gasteiger partial charge in [-0.15, -0.1) is 11.3 Å². The molecule has 96 valence electrons. The number of benzene rings is 1. The van der Waals surface area contributed by atoms with Crippen LogP contribution in [0.25, 0.3) is 21.2 Å². The Kier molecular flexibility index (Phi) is 3.34. The van der Waals surface area contributed by atoms with Crippen molar-refractivity contribution in [1.29, 1.82) is 0 Å². The summed E-state index contributed by atoms with van der Waals surface area (Å²) < 4.78 is 1.37. The van der Waals surface area contributed by atoms with E-state index in [1.54, 1.807) is 0 Å². The van der Waals surface area contributed by atoms with E-state index in [2.05, 4.69) is 48.5 Å². The lowest BCUT2D eigenvalue weighted by Gasteiger charge is -2.05. The van der Waals surface area contributed by atoms with E-state index >= 15 is 0 Å². The van der Waals surface area contributed by atoms with Gasteiger partial charge in [0.25, 0.3) is 0 Å². The first-order valence-electron chi connectivity index (χ1n) is 6.64. The van der Waals surface area contributed by atoms with Crippen molar-refractivity contribution in [3.63, 3.8) is 0 Å². The van der Waals surface area contributed by atoms with Gasteiger partial charge in [-0.05, 0) is 35.4 Å². The molecular weight excluding hydrogens is 250 g/mol. The summed E-state index contributed by atoms with van der Waals surface area (Å²) in [6, 6.07) is 11.0. The average molecular weight is 267 g/mol. The summed E-state index contributed by atoms with van der Waals surface area (Å²) in [6.07, 6.45) is 4.90. The molecule has 0 saturated heterocycles. The molecule has 1 aromatic carbocycles. The molecule has 0 saturated carbocycles. The van der Waals surface area contributed by atoms with Crippen LogP contribution in [0.2, 0.25) is 0 Å². The van der Waals surface area contributed by atoms with E-state index in [9.17, 15) is 0 Å². The van der Waals surface area contributed by atoms with E-state index < -0.39 is 0 Å². The van der Waals surface area contributed by atoms with Crippen LogP contribution in [0.5, 0.6) is 0 Å². The fourth-order valence-electron chi connectivity index (χ4n) is 2.42. The molecule has 0 amide bonds. The molecule has 0 aliphatic heterocycles. The van der Waals surface area contributed by atoms with Gasteiger partial charge in [0.05, 0.1) is 0 Å². The second kappa shape index (κ2) is 5.14. The first-order valence-corrected chi connectivity index (χ1v) is 7.52. The second-order valence-corrected chi connectivity index (χ2v) is 6.23. The van der Waals surface area contributed by atoms with Gasteiger partial charge in [0.15, 0.2) is 0 Å². The normalized spacial score (nSPS) is 11.3. The van der Waals surface area contributed by atoms with Crippen molar-refractivity contribution in [3.8, 4) is 11.1 Å². The van der Waals surface area contributed by atoms with Gasteiger partial charge >= 0.3 is 0 Å². The van der Waals surface area contributed by atoms with Crippen molar-refractivity contribution in [3.05, 3.63) is 53.7 Å². The van der Waals surface area contributed by atoms with E-state index in [0.717, 1.165) is 6.42 Å². The average Bonchev–Trinajstić information content (AvgIpc) is 2.82.